The van der Waals surface area contributed by atoms with Gasteiger partial charge in [-0.2, -0.15) is 0 Å². The van der Waals surface area contributed by atoms with Gasteiger partial charge in [0.25, 0.3) is 0 Å². The van der Waals surface area contributed by atoms with Crippen LogP contribution in [0, 0.1) is 6.92 Å². The Morgan fingerprint density at radius 2 is 1.82 bits per heavy atom. The van der Waals surface area contributed by atoms with E-state index in [2.05, 4.69) is 26.8 Å². The molecule has 0 aliphatic carbocycles. The first kappa shape index (κ1) is 25.0. The van der Waals surface area contributed by atoms with Gasteiger partial charge in [0.1, 0.15) is 17.1 Å². The highest BCUT2D eigenvalue weighted by Gasteiger charge is 2.23. The first-order valence-corrected chi connectivity index (χ1v) is 12.1. The van der Waals surface area contributed by atoms with Crippen LogP contribution in [0.25, 0.3) is 33.4 Å². The fourth-order valence-corrected chi connectivity index (χ4v) is 4.56. The number of hydrogen-bond acceptors (Lipinski definition) is 6. The number of aryl methyl sites for hydroxylation is 2. The third-order valence-corrected chi connectivity index (χ3v) is 6.35. The summed E-state index contributed by atoms with van der Waals surface area (Å²) < 4.78 is 13.7. The van der Waals surface area contributed by atoms with Gasteiger partial charge in [-0.05, 0) is 55.0 Å². The van der Waals surface area contributed by atoms with E-state index in [-0.39, 0.29) is 5.91 Å². The number of anilines is 1. The van der Waals surface area contributed by atoms with Crippen LogP contribution in [0.3, 0.4) is 0 Å². The SMILES string of the molecule is C=CC(=O)Nc1ccc(-c2c(-c3ccc(Oc4cccc(C)n4)c(OC)c3)n(C)c3ncnc(Cl)c23)cc1. The molecule has 38 heavy (non-hydrogen) atoms. The monoisotopic (exact) mass is 525 g/mol. The number of benzene rings is 2. The molecule has 5 rings (SSSR count). The van der Waals surface area contributed by atoms with Crippen molar-refractivity contribution in [1.29, 1.82) is 0 Å². The Bertz CT molecular complexity index is 1680. The number of nitrogens with zero attached hydrogens (tertiary/aromatic N) is 4. The van der Waals surface area contributed by atoms with Gasteiger partial charge in [-0.1, -0.05) is 36.4 Å². The van der Waals surface area contributed by atoms with Crippen molar-refractivity contribution >= 4 is 34.2 Å². The number of ether oxygens (including phenoxy) is 2. The zero-order valence-corrected chi connectivity index (χ0v) is 21.8. The summed E-state index contributed by atoms with van der Waals surface area (Å²) in [5.74, 6) is 1.28. The molecule has 190 valence electrons. The molecule has 1 N–H and O–H groups in total. The van der Waals surface area contributed by atoms with E-state index in [1.165, 1.54) is 12.4 Å². The van der Waals surface area contributed by atoms with Crippen molar-refractivity contribution in [3.05, 3.63) is 90.5 Å². The minimum Gasteiger partial charge on any atom is -0.493 e. The summed E-state index contributed by atoms with van der Waals surface area (Å²) in [6.45, 7) is 5.40. The van der Waals surface area contributed by atoms with Gasteiger partial charge in [0.15, 0.2) is 11.5 Å². The number of hydrogen-bond donors (Lipinski definition) is 1. The minimum atomic E-state index is -0.282. The highest BCUT2D eigenvalue weighted by Crippen LogP contribution is 2.44. The van der Waals surface area contributed by atoms with Crippen LogP contribution in [0.4, 0.5) is 5.69 Å². The van der Waals surface area contributed by atoms with Gasteiger partial charge in [-0.25, -0.2) is 15.0 Å². The molecule has 1 amide bonds. The molecule has 0 saturated heterocycles. The zero-order valence-electron chi connectivity index (χ0n) is 21.0. The molecule has 0 aliphatic rings. The van der Waals surface area contributed by atoms with E-state index in [9.17, 15) is 4.79 Å². The molecule has 0 aliphatic heterocycles. The second-order valence-electron chi connectivity index (χ2n) is 8.50. The van der Waals surface area contributed by atoms with E-state index >= 15 is 0 Å². The number of rotatable bonds is 7. The van der Waals surface area contributed by atoms with Crippen LogP contribution in [-0.4, -0.2) is 32.5 Å². The molecule has 0 unspecified atom stereocenters. The predicted octanol–water partition coefficient (Wildman–Crippen LogP) is 6.58. The van der Waals surface area contributed by atoms with Gasteiger partial charge in [0, 0.05) is 35.6 Å². The normalized spacial score (nSPS) is 10.8. The lowest BCUT2D eigenvalue weighted by atomic mass is 9.98. The highest BCUT2D eigenvalue weighted by atomic mass is 35.5. The molecule has 0 fully saturated rings. The molecule has 0 radical (unpaired) electrons. The third kappa shape index (κ3) is 4.69. The van der Waals surface area contributed by atoms with Crippen molar-refractivity contribution in [2.24, 2.45) is 7.05 Å². The van der Waals surface area contributed by atoms with Crippen LogP contribution < -0.4 is 14.8 Å². The lowest BCUT2D eigenvalue weighted by Gasteiger charge is -2.14. The molecule has 2 aromatic carbocycles. The average molecular weight is 526 g/mol. The molecule has 0 saturated carbocycles. The molecule has 3 heterocycles. The highest BCUT2D eigenvalue weighted by molar-refractivity contribution is 6.35. The van der Waals surface area contributed by atoms with Crippen LogP contribution in [0.2, 0.25) is 5.15 Å². The number of aromatic nitrogens is 4. The molecular formula is C29H24ClN5O3. The Kier molecular flexibility index (Phi) is 6.81. The Hall–Kier alpha value is -4.69. The van der Waals surface area contributed by atoms with Gasteiger partial charge in [0.2, 0.25) is 11.8 Å². The number of fused-ring (bicyclic) bond motifs is 1. The molecule has 0 spiro atoms. The van der Waals surface area contributed by atoms with Crippen molar-refractivity contribution in [2.45, 2.75) is 6.92 Å². The van der Waals surface area contributed by atoms with E-state index in [1.54, 1.807) is 13.2 Å². The molecule has 3 aromatic heterocycles. The first-order chi connectivity index (χ1) is 18.4. The number of pyridine rings is 1. The maximum absolute atomic E-state index is 11.7. The summed E-state index contributed by atoms with van der Waals surface area (Å²) in [6, 6.07) is 18.8. The van der Waals surface area contributed by atoms with Gasteiger partial charge in [-0.15, -0.1) is 0 Å². The topological polar surface area (TPSA) is 91.2 Å². The van der Waals surface area contributed by atoms with E-state index in [1.807, 2.05) is 73.1 Å². The third-order valence-electron chi connectivity index (χ3n) is 6.06. The maximum Gasteiger partial charge on any atom is 0.247 e. The fraction of sp³-hybridized carbons (Fsp3) is 0.103. The fourth-order valence-electron chi connectivity index (χ4n) is 4.34. The van der Waals surface area contributed by atoms with E-state index in [0.29, 0.717) is 33.9 Å². The number of halogens is 1. The van der Waals surface area contributed by atoms with Gasteiger partial charge in [-0.3, -0.25) is 4.79 Å². The van der Waals surface area contributed by atoms with E-state index in [0.717, 1.165) is 33.5 Å². The van der Waals surface area contributed by atoms with E-state index < -0.39 is 0 Å². The molecule has 0 bridgehead atoms. The minimum absolute atomic E-state index is 0.282. The number of methoxy groups -OCH3 is 1. The van der Waals surface area contributed by atoms with Crippen molar-refractivity contribution in [3.8, 4) is 39.8 Å². The summed E-state index contributed by atoms with van der Waals surface area (Å²) >= 11 is 6.61. The van der Waals surface area contributed by atoms with Gasteiger partial charge in [0.05, 0.1) is 18.2 Å². The lowest BCUT2D eigenvalue weighted by Crippen LogP contribution is -2.06. The number of carbonyl (C=O) groups is 1. The second kappa shape index (κ2) is 10.4. The standard InChI is InChI=1S/C29H24ClN5O3/c1-5-23(36)34-20-12-9-18(10-13-20)25-26-28(30)31-16-32-29(26)35(3)27(25)19-11-14-21(22(15-19)37-4)38-24-8-6-7-17(2)33-24/h5-16H,1H2,2-4H3,(H,34,36). The van der Waals surface area contributed by atoms with Crippen LogP contribution >= 0.6 is 11.6 Å². The van der Waals surface area contributed by atoms with Crippen molar-refractivity contribution < 1.29 is 14.3 Å². The maximum atomic E-state index is 11.7. The Morgan fingerprint density at radius 3 is 2.53 bits per heavy atom. The second-order valence-corrected chi connectivity index (χ2v) is 8.86. The number of carbonyl (C=O) groups excluding carboxylic acids is 1. The van der Waals surface area contributed by atoms with Crippen LogP contribution in [0.15, 0.2) is 79.6 Å². The van der Waals surface area contributed by atoms with E-state index in [4.69, 9.17) is 21.1 Å². The predicted molar refractivity (Wildman–Crippen MR) is 149 cm³/mol. The molecule has 8 nitrogen and oxygen atoms in total. The zero-order chi connectivity index (χ0) is 26.8. The largest absolute Gasteiger partial charge is 0.493 e. The van der Waals surface area contributed by atoms with Crippen LogP contribution in [-0.2, 0) is 11.8 Å². The smallest absolute Gasteiger partial charge is 0.247 e. The quantitative estimate of drug-likeness (QED) is 0.190. The summed E-state index contributed by atoms with van der Waals surface area (Å²) in [5, 5.41) is 3.83. The summed E-state index contributed by atoms with van der Waals surface area (Å²) in [5.41, 5.74) is 5.64. The summed E-state index contributed by atoms with van der Waals surface area (Å²) in [4.78, 5) is 24.9. The molecular weight excluding hydrogens is 502 g/mol. The molecule has 0 atom stereocenters. The van der Waals surface area contributed by atoms with Gasteiger partial charge >= 0.3 is 0 Å². The van der Waals surface area contributed by atoms with Crippen molar-refractivity contribution in [2.75, 3.05) is 12.4 Å². The molecule has 5 aromatic rings. The van der Waals surface area contributed by atoms with Crippen LogP contribution in [0.5, 0.6) is 17.4 Å². The lowest BCUT2D eigenvalue weighted by molar-refractivity contribution is -0.111. The Morgan fingerprint density at radius 1 is 1.05 bits per heavy atom. The Balaban J connectivity index is 1.65. The molecule has 9 heteroatoms. The summed E-state index contributed by atoms with van der Waals surface area (Å²) in [7, 11) is 3.52. The number of nitrogens with one attached hydrogen (secondary N) is 1. The Labute approximate surface area is 224 Å². The number of amides is 1. The van der Waals surface area contributed by atoms with Crippen LogP contribution in [0.1, 0.15) is 5.69 Å². The van der Waals surface area contributed by atoms with Crippen molar-refractivity contribution in [3.63, 3.8) is 0 Å². The van der Waals surface area contributed by atoms with Crippen molar-refractivity contribution in [1.82, 2.24) is 19.5 Å². The van der Waals surface area contributed by atoms with Gasteiger partial charge < -0.3 is 19.4 Å². The summed E-state index contributed by atoms with van der Waals surface area (Å²) in [6.07, 6.45) is 2.67. The first-order valence-electron chi connectivity index (χ1n) is 11.7. The average Bonchev–Trinajstić information content (AvgIpc) is 3.22.